The van der Waals surface area contributed by atoms with Gasteiger partial charge in [0.1, 0.15) is 5.82 Å². The van der Waals surface area contributed by atoms with E-state index >= 15 is 0 Å². The molecule has 3 nitrogen and oxygen atoms in total. The zero-order valence-electron chi connectivity index (χ0n) is 12.9. The Morgan fingerprint density at radius 2 is 2.35 bits per heavy atom. The van der Waals surface area contributed by atoms with Gasteiger partial charge in [0.05, 0.1) is 16.3 Å². The first-order valence-electron chi connectivity index (χ1n) is 7.77. The molecule has 2 aromatic rings. The van der Waals surface area contributed by atoms with E-state index in [1.54, 1.807) is 17.4 Å². The third kappa shape index (κ3) is 3.74. The molecule has 1 aromatic heterocycles. The van der Waals surface area contributed by atoms with E-state index in [1.807, 2.05) is 4.90 Å². The van der Waals surface area contributed by atoms with Crippen LogP contribution in [0.25, 0.3) is 0 Å². The van der Waals surface area contributed by atoms with Crippen molar-refractivity contribution < 1.29 is 9.18 Å². The molecule has 122 valence electrons. The lowest BCUT2D eigenvalue weighted by molar-refractivity contribution is 0.0705. The number of amides is 1. The summed E-state index contributed by atoms with van der Waals surface area (Å²) in [5.41, 5.74) is 1.58. The van der Waals surface area contributed by atoms with E-state index in [4.69, 9.17) is 0 Å². The summed E-state index contributed by atoms with van der Waals surface area (Å²) in [6.07, 6.45) is 2.96. The molecule has 1 aromatic carbocycles. The summed E-state index contributed by atoms with van der Waals surface area (Å²) in [6.45, 7) is 3.50. The van der Waals surface area contributed by atoms with Crippen LogP contribution in [0.4, 0.5) is 4.39 Å². The summed E-state index contributed by atoms with van der Waals surface area (Å²) in [6, 6.07) is 4.38. The van der Waals surface area contributed by atoms with Crippen molar-refractivity contribution in [3.63, 3.8) is 0 Å². The van der Waals surface area contributed by atoms with Crippen molar-refractivity contribution in [3.05, 3.63) is 49.2 Å². The Balaban J connectivity index is 1.77. The van der Waals surface area contributed by atoms with Gasteiger partial charge in [-0.2, -0.15) is 0 Å². The van der Waals surface area contributed by atoms with E-state index in [-0.39, 0.29) is 11.7 Å². The highest BCUT2D eigenvalue weighted by atomic mass is 127. The lowest BCUT2D eigenvalue weighted by atomic mass is 9.98. The van der Waals surface area contributed by atoms with Crippen LogP contribution in [0.1, 0.15) is 46.7 Å². The van der Waals surface area contributed by atoms with Gasteiger partial charge in [0.2, 0.25) is 0 Å². The number of thiazole rings is 1. The average molecular weight is 444 g/mol. The fraction of sp³-hybridized carbons (Fsp3) is 0.412. The molecular formula is C17H18FIN2OS. The summed E-state index contributed by atoms with van der Waals surface area (Å²) < 4.78 is 14.3. The van der Waals surface area contributed by atoms with Gasteiger partial charge in [0, 0.05) is 28.0 Å². The van der Waals surface area contributed by atoms with Crippen molar-refractivity contribution >= 4 is 39.8 Å². The second-order valence-electron chi connectivity index (χ2n) is 5.75. The van der Waals surface area contributed by atoms with Crippen molar-refractivity contribution in [3.8, 4) is 0 Å². The number of likely N-dealkylation sites (tertiary alicyclic amines) is 1. The first-order chi connectivity index (χ1) is 11.1. The molecule has 1 amide bonds. The maximum atomic E-state index is 13.5. The normalized spacial score (nSPS) is 18.2. The summed E-state index contributed by atoms with van der Waals surface area (Å²) in [7, 11) is 0. The Hall–Kier alpha value is -1.02. The van der Waals surface area contributed by atoms with Gasteiger partial charge in [-0.05, 0) is 60.1 Å². The summed E-state index contributed by atoms with van der Waals surface area (Å²) in [5.74, 6) is -0.148. The van der Waals surface area contributed by atoms with Crippen LogP contribution in [0.2, 0.25) is 0 Å². The van der Waals surface area contributed by atoms with Crippen LogP contribution >= 0.6 is 33.9 Å². The lowest BCUT2D eigenvalue weighted by Gasteiger charge is -2.32. The number of carbonyl (C=O) groups excluding carboxylic acids is 1. The number of rotatable bonds is 3. The second kappa shape index (κ2) is 7.25. The zero-order valence-corrected chi connectivity index (χ0v) is 15.9. The van der Waals surface area contributed by atoms with Crippen molar-refractivity contribution in [1.29, 1.82) is 0 Å². The second-order valence-corrected chi connectivity index (χ2v) is 7.80. The highest BCUT2D eigenvalue weighted by Gasteiger charge is 2.28. The summed E-state index contributed by atoms with van der Waals surface area (Å²) >= 11 is 3.77. The van der Waals surface area contributed by atoms with E-state index in [2.05, 4.69) is 39.9 Å². The number of aryl methyl sites for hydroxylation is 1. The molecule has 0 aliphatic carbocycles. The smallest absolute Gasteiger partial charge is 0.255 e. The lowest BCUT2D eigenvalue weighted by Crippen LogP contribution is -2.39. The minimum Gasteiger partial charge on any atom is -0.338 e. The topological polar surface area (TPSA) is 33.2 Å². The van der Waals surface area contributed by atoms with Gasteiger partial charge in [-0.15, -0.1) is 11.3 Å². The zero-order chi connectivity index (χ0) is 16.4. The predicted molar refractivity (Wildman–Crippen MR) is 98.5 cm³/mol. The van der Waals surface area contributed by atoms with Crippen molar-refractivity contribution in [2.75, 3.05) is 13.1 Å². The number of nitrogens with zero attached hydrogens (tertiary/aromatic N) is 2. The van der Waals surface area contributed by atoms with Crippen LogP contribution in [0.5, 0.6) is 0 Å². The Morgan fingerprint density at radius 1 is 1.52 bits per heavy atom. The maximum Gasteiger partial charge on any atom is 0.255 e. The highest BCUT2D eigenvalue weighted by Crippen LogP contribution is 2.30. The number of benzene rings is 1. The number of hydrogen-bond acceptors (Lipinski definition) is 3. The van der Waals surface area contributed by atoms with E-state index < -0.39 is 0 Å². The fourth-order valence-corrected chi connectivity index (χ4v) is 4.46. The standard InChI is InChI=1S/C17H18FIN2OS/c1-2-13-10-23-16(20-13)11-4-3-7-21(9-11)17(22)14-8-12(18)5-6-15(14)19/h5-6,8,10-11H,2-4,7,9H2,1H3. The molecule has 2 heterocycles. The van der Waals surface area contributed by atoms with Crippen LogP contribution in [-0.2, 0) is 6.42 Å². The molecule has 6 heteroatoms. The molecule has 0 N–H and O–H groups in total. The molecule has 1 unspecified atom stereocenters. The fourth-order valence-electron chi connectivity index (χ4n) is 2.87. The van der Waals surface area contributed by atoms with Crippen LogP contribution in [0.3, 0.4) is 0 Å². The number of hydrogen-bond donors (Lipinski definition) is 0. The van der Waals surface area contributed by atoms with Crippen LogP contribution in [0, 0.1) is 9.39 Å². The predicted octanol–water partition coefficient (Wildman–Crippen LogP) is 4.47. The number of piperidine rings is 1. The van der Waals surface area contributed by atoms with Crippen LogP contribution < -0.4 is 0 Å². The van der Waals surface area contributed by atoms with Gasteiger partial charge in [-0.1, -0.05) is 6.92 Å². The SMILES string of the molecule is CCc1csc(C2CCCN(C(=O)c3cc(F)ccc3I)C2)n1. The Morgan fingerprint density at radius 3 is 3.09 bits per heavy atom. The third-order valence-corrected chi connectivity index (χ3v) is 6.15. The molecule has 1 atom stereocenters. The van der Waals surface area contributed by atoms with Crippen LogP contribution in [-0.4, -0.2) is 28.9 Å². The minimum absolute atomic E-state index is 0.0779. The number of halogens is 2. The van der Waals surface area contributed by atoms with Crippen LogP contribution in [0.15, 0.2) is 23.6 Å². The van der Waals surface area contributed by atoms with Gasteiger partial charge in [0.25, 0.3) is 5.91 Å². The molecule has 3 rings (SSSR count). The van der Waals surface area contributed by atoms with Gasteiger partial charge < -0.3 is 4.90 Å². The molecule has 1 fully saturated rings. The molecule has 0 saturated carbocycles. The first kappa shape index (κ1) is 16.8. The first-order valence-corrected chi connectivity index (χ1v) is 9.73. The Labute approximate surface area is 153 Å². The molecular weight excluding hydrogens is 426 g/mol. The quantitative estimate of drug-likeness (QED) is 0.655. The van der Waals surface area contributed by atoms with Crippen molar-refractivity contribution in [2.45, 2.75) is 32.1 Å². The Kier molecular flexibility index (Phi) is 5.31. The van der Waals surface area contributed by atoms with E-state index in [9.17, 15) is 9.18 Å². The van der Waals surface area contributed by atoms with E-state index in [0.29, 0.717) is 18.0 Å². The minimum atomic E-state index is -0.366. The molecule has 1 saturated heterocycles. The van der Waals surface area contributed by atoms with E-state index in [0.717, 1.165) is 40.1 Å². The largest absolute Gasteiger partial charge is 0.338 e. The van der Waals surface area contributed by atoms with Gasteiger partial charge in [-0.25, -0.2) is 9.37 Å². The number of aromatic nitrogens is 1. The molecule has 0 spiro atoms. The van der Waals surface area contributed by atoms with Gasteiger partial charge in [-0.3, -0.25) is 4.79 Å². The average Bonchev–Trinajstić information content (AvgIpc) is 3.06. The van der Waals surface area contributed by atoms with E-state index in [1.165, 1.54) is 12.1 Å². The monoisotopic (exact) mass is 444 g/mol. The van der Waals surface area contributed by atoms with Gasteiger partial charge in [0.15, 0.2) is 0 Å². The Bertz CT molecular complexity index is 718. The molecule has 0 bridgehead atoms. The number of carbonyl (C=O) groups is 1. The molecule has 1 aliphatic heterocycles. The molecule has 23 heavy (non-hydrogen) atoms. The highest BCUT2D eigenvalue weighted by molar-refractivity contribution is 14.1. The summed E-state index contributed by atoms with van der Waals surface area (Å²) in [4.78, 5) is 19.3. The molecule has 1 aliphatic rings. The third-order valence-electron chi connectivity index (χ3n) is 4.15. The van der Waals surface area contributed by atoms with Crippen molar-refractivity contribution in [2.24, 2.45) is 0 Å². The summed E-state index contributed by atoms with van der Waals surface area (Å²) in [5, 5.41) is 3.22. The molecule has 0 radical (unpaired) electrons. The van der Waals surface area contributed by atoms with Gasteiger partial charge >= 0.3 is 0 Å². The maximum absolute atomic E-state index is 13.5. The van der Waals surface area contributed by atoms with Crippen molar-refractivity contribution in [1.82, 2.24) is 9.88 Å².